The summed E-state index contributed by atoms with van der Waals surface area (Å²) in [7, 11) is 3.54. The summed E-state index contributed by atoms with van der Waals surface area (Å²) in [6, 6.07) is 9.77. The Morgan fingerprint density at radius 3 is 2.67 bits per heavy atom. The van der Waals surface area contributed by atoms with Crippen LogP contribution in [-0.2, 0) is 13.2 Å². The first kappa shape index (κ1) is 18.7. The van der Waals surface area contributed by atoms with Gasteiger partial charge in [-0.1, -0.05) is 6.07 Å². The van der Waals surface area contributed by atoms with E-state index in [1.54, 1.807) is 7.11 Å². The van der Waals surface area contributed by atoms with Crippen molar-refractivity contribution >= 4 is 28.3 Å². The van der Waals surface area contributed by atoms with Crippen LogP contribution < -0.4 is 24.3 Å². The Bertz CT molecular complexity index is 711. The third-order valence-corrected chi connectivity index (χ3v) is 4.08. The van der Waals surface area contributed by atoms with Crippen molar-refractivity contribution in [3.05, 3.63) is 45.9 Å². The highest BCUT2D eigenvalue weighted by atomic mass is 79.9. The van der Waals surface area contributed by atoms with Crippen molar-refractivity contribution in [1.82, 2.24) is 5.32 Å². The molecule has 1 aliphatic rings. The molecule has 5 nitrogen and oxygen atoms in total. The number of hydrogen-bond acceptors (Lipinski definition) is 5. The quantitative estimate of drug-likeness (QED) is 0.774. The molecule has 7 heteroatoms. The maximum atomic E-state index is 5.95. The first-order valence-corrected chi connectivity index (χ1v) is 8.03. The second-order valence-electron chi connectivity index (χ2n) is 5.12. The highest BCUT2D eigenvalue weighted by molar-refractivity contribution is 9.10. The molecule has 1 aliphatic heterocycles. The molecule has 0 unspecified atom stereocenters. The fourth-order valence-corrected chi connectivity index (χ4v) is 3.01. The summed E-state index contributed by atoms with van der Waals surface area (Å²) >= 11 is 3.55. The van der Waals surface area contributed by atoms with Gasteiger partial charge in [0.05, 0.1) is 11.6 Å². The van der Waals surface area contributed by atoms with Crippen LogP contribution in [0.2, 0.25) is 0 Å². The Balaban J connectivity index is 0.00000208. The van der Waals surface area contributed by atoms with Crippen molar-refractivity contribution in [2.24, 2.45) is 0 Å². The van der Waals surface area contributed by atoms with E-state index in [4.69, 9.17) is 18.9 Å². The van der Waals surface area contributed by atoms with E-state index in [2.05, 4.69) is 21.2 Å². The smallest absolute Gasteiger partial charge is 0.231 e. The molecule has 0 spiro atoms. The minimum atomic E-state index is 0. The van der Waals surface area contributed by atoms with Crippen LogP contribution in [0.15, 0.2) is 34.8 Å². The summed E-state index contributed by atoms with van der Waals surface area (Å²) in [4.78, 5) is 0. The zero-order chi connectivity index (χ0) is 16.2. The van der Waals surface area contributed by atoms with Crippen LogP contribution in [0, 0.1) is 0 Å². The third kappa shape index (κ3) is 4.06. The van der Waals surface area contributed by atoms with Crippen molar-refractivity contribution < 1.29 is 18.9 Å². The molecule has 0 amide bonds. The van der Waals surface area contributed by atoms with Gasteiger partial charge in [0.1, 0.15) is 6.61 Å². The molecule has 24 heavy (non-hydrogen) atoms. The molecule has 1 heterocycles. The predicted octanol–water partition coefficient (Wildman–Crippen LogP) is 3.91. The van der Waals surface area contributed by atoms with E-state index >= 15 is 0 Å². The lowest BCUT2D eigenvalue weighted by Crippen LogP contribution is -2.06. The molecule has 130 valence electrons. The Kier molecular flexibility index (Phi) is 6.60. The van der Waals surface area contributed by atoms with Crippen molar-refractivity contribution in [3.63, 3.8) is 0 Å². The second-order valence-corrected chi connectivity index (χ2v) is 5.97. The number of rotatable bonds is 6. The molecule has 0 saturated heterocycles. The first-order valence-electron chi connectivity index (χ1n) is 7.23. The molecule has 1 N–H and O–H groups in total. The summed E-state index contributed by atoms with van der Waals surface area (Å²) in [6.07, 6.45) is 0. The summed E-state index contributed by atoms with van der Waals surface area (Å²) in [6.45, 7) is 1.44. The second kappa shape index (κ2) is 8.46. The van der Waals surface area contributed by atoms with Crippen LogP contribution in [0.5, 0.6) is 23.0 Å². The molecule has 0 atom stereocenters. The fraction of sp³-hybridized carbons (Fsp3) is 0.294. The lowest BCUT2D eigenvalue weighted by atomic mass is 10.2. The van der Waals surface area contributed by atoms with Crippen LogP contribution in [0.3, 0.4) is 0 Å². The van der Waals surface area contributed by atoms with Gasteiger partial charge in [-0.15, -0.1) is 12.4 Å². The number of benzene rings is 2. The predicted molar refractivity (Wildman–Crippen MR) is 97.6 cm³/mol. The van der Waals surface area contributed by atoms with Crippen LogP contribution in [0.25, 0.3) is 0 Å². The lowest BCUT2D eigenvalue weighted by Gasteiger charge is -2.14. The number of nitrogens with one attached hydrogen (secondary N) is 1. The number of hydrogen-bond donors (Lipinski definition) is 1. The third-order valence-electron chi connectivity index (χ3n) is 3.49. The van der Waals surface area contributed by atoms with Crippen LogP contribution >= 0.6 is 28.3 Å². The van der Waals surface area contributed by atoms with E-state index in [0.29, 0.717) is 18.1 Å². The highest BCUT2D eigenvalue weighted by Crippen LogP contribution is 2.38. The topological polar surface area (TPSA) is 49.0 Å². The van der Waals surface area contributed by atoms with E-state index in [-0.39, 0.29) is 19.2 Å². The standard InChI is InChI=1S/C17H18BrNO4.ClH/c1-19-8-12-5-13(18)17(16(7-12)20-2)21-9-11-3-4-14-15(6-11)23-10-22-14;/h3-7,19H,8-10H2,1-2H3;1H. The molecule has 0 bridgehead atoms. The average molecular weight is 417 g/mol. The average Bonchev–Trinajstić information content (AvgIpc) is 3.01. The van der Waals surface area contributed by atoms with Gasteiger partial charge < -0.3 is 24.3 Å². The number of halogens is 2. The van der Waals surface area contributed by atoms with Gasteiger partial charge in [0, 0.05) is 6.54 Å². The summed E-state index contributed by atoms with van der Waals surface area (Å²) in [5, 5.41) is 3.12. The molecular weight excluding hydrogens is 398 g/mol. The van der Waals surface area contributed by atoms with Gasteiger partial charge in [0.25, 0.3) is 0 Å². The zero-order valence-electron chi connectivity index (χ0n) is 13.4. The van der Waals surface area contributed by atoms with E-state index in [1.807, 2.05) is 37.4 Å². The molecule has 0 radical (unpaired) electrons. The Labute approximate surface area is 155 Å². The molecule has 0 aliphatic carbocycles. The summed E-state index contributed by atoms with van der Waals surface area (Å²) < 4.78 is 23.0. The summed E-state index contributed by atoms with van der Waals surface area (Å²) in [5.74, 6) is 2.90. The van der Waals surface area contributed by atoms with Gasteiger partial charge in [0.15, 0.2) is 23.0 Å². The van der Waals surface area contributed by atoms with E-state index in [1.165, 1.54) is 0 Å². The molecule has 0 saturated carbocycles. The maximum Gasteiger partial charge on any atom is 0.231 e. The zero-order valence-corrected chi connectivity index (χ0v) is 15.8. The van der Waals surface area contributed by atoms with Crippen LogP contribution in [0.1, 0.15) is 11.1 Å². The number of fused-ring (bicyclic) bond motifs is 1. The molecule has 2 aromatic rings. The van der Waals surface area contributed by atoms with Crippen LogP contribution in [0.4, 0.5) is 0 Å². The monoisotopic (exact) mass is 415 g/mol. The molecule has 2 aromatic carbocycles. The van der Waals surface area contributed by atoms with Crippen molar-refractivity contribution in [1.29, 1.82) is 0 Å². The highest BCUT2D eigenvalue weighted by Gasteiger charge is 2.15. The normalized spacial score (nSPS) is 11.8. The van der Waals surface area contributed by atoms with E-state index in [0.717, 1.165) is 33.6 Å². The Morgan fingerprint density at radius 1 is 1.12 bits per heavy atom. The lowest BCUT2D eigenvalue weighted by molar-refractivity contribution is 0.174. The maximum absolute atomic E-state index is 5.95. The first-order chi connectivity index (χ1) is 11.2. The Hall–Kier alpha value is -1.63. The van der Waals surface area contributed by atoms with E-state index in [9.17, 15) is 0 Å². The molecule has 3 rings (SSSR count). The van der Waals surface area contributed by atoms with Gasteiger partial charge in [-0.05, 0) is 58.4 Å². The van der Waals surface area contributed by atoms with Gasteiger partial charge in [-0.3, -0.25) is 0 Å². The SMILES string of the molecule is CNCc1cc(Br)c(OCc2ccc3c(c2)OCO3)c(OC)c1.Cl. The van der Waals surface area contributed by atoms with E-state index < -0.39 is 0 Å². The van der Waals surface area contributed by atoms with Crippen molar-refractivity contribution in [2.45, 2.75) is 13.2 Å². The minimum absolute atomic E-state index is 0. The van der Waals surface area contributed by atoms with Gasteiger partial charge >= 0.3 is 0 Å². The minimum Gasteiger partial charge on any atom is -0.493 e. The molecule has 0 aromatic heterocycles. The van der Waals surface area contributed by atoms with Crippen LogP contribution in [-0.4, -0.2) is 21.0 Å². The molecular formula is C17H19BrClNO4. The van der Waals surface area contributed by atoms with Crippen molar-refractivity contribution in [2.75, 3.05) is 21.0 Å². The largest absolute Gasteiger partial charge is 0.493 e. The van der Waals surface area contributed by atoms with Crippen molar-refractivity contribution in [3.8, 4) is 23.0 Å². The number of ether oxygens (including phenoxy) is 4. The fourth-order valence-electron chi connectivity index (χ4n) is 2.41. The molecule has 0 fully saturated rings. The van der Waals surface area contributed by atoms with Gasteiger partial charge in [0.2, 0.25) is 6.79 Å². The van der Waals surface area contributed by atoms with Gasteiger partial charge in [-0.25, -0.2) is 0 Å². The number of methoxy groups -OCH3 is 1. The van der Waals surface area contributed by atoms with Gasteiger partial charge in [-0.2, -0.15) is 0 Å². The Morgan fingerprint density at radius 2 is 1.92 bits per heavy atom. The summed E-state index contributed by atoms with van der Waals surface area (Å²) in [5.41, 5.74) is 2.12.